The van der Waals surface area contributed by atoms with Gasteiger partial charge in [-0.05, 0) is 23.1 Å². The van der Waals surface area contributed by atoms with E-state index in [2.05, 4.69) is 20.6 Å². The number of hydrogen-bond donors (Lipinski definition) is 1. The van der Waals surface area contributed by atoms with Crippen LogP contribution in [0.5, 0.6) is 0 Å². The molecule has 0 unspecified atom stereocenters. The predicted octanol–water partition coefficient (Wildman–Crippen LogP) is 2.12. The third-order valence-corrected chi connectivity index (χ3v) is 2.78. The van der Waals surface area contributed by atoms with Gasteiger partial charge >= 0.3 is 0 Å². The van der Waals surface area contributed by atoms with Crippen molar-refractivity contribution in [3.8, 4) is 11.4 Å². The van der Waals surface area contributed by atoms with Crippen LogP contribution in [0.15, 0.2) is 23.1 Å². The van der Waals surface area contributed by atoms with Crippen molar-refractivity contribution in [3.05, 3.63) is 24.0 Å². The molecule has 0 saturated heterocycles. The highest BCUT2D eigenvalue weighted by molar-refractivity contribution is 7.99. The van der Waals surface area contributed by atoms with Crippen molar-refractivity contribution in [1.29, 1.82) is 0 Å². The Kier molecular flexibility index (Phi) is 2.96. The Morgan fingerprint density at radius 3 is 3.00 bits per heavy atom. The lowest BCUT2D eigenvalue weighted by Crippen LogP contribution is -1.90. The second kappa shape index (κ2) is 4.39. The number of thioether (sulfide) groups is 1. The Morgan fingerprint density at radius 1 is 1.47 bits per heavy atom. The largest absolute Gasteiger partial charge is 0.208 e. The first-order valence-corrected chi connectivity index (χ1v) is 5.46. The monoisotopic (exact) mass is 224 g/mol. The second-order valence-corrected chi connectivity index (χ2v) is 4.09. The molecule has 0 aliphatic rings. The maximum atomic E-state index is 13.6. The molecule has 0 atom stereocenters. The van der Waals surface area contributed by atoms with E-state index in [1.807, 2.05) is 13.0 Å². The van der Waals surface area contributed by atoms with Gasteiger partial charge in [0.25, 0.3) is 0 Å². The summed E-state index contributed by atoms with van der Waals surface area (Å²) in [6, 6.07) is 4.92. The molecule has 78 valence electrons. The highest BCUT2D eigenvalue weighted by atomic mass is 32.2. The van der Waals surface area contributed by atoms with E-state index in [1.165, 1.54) is 6.07 Å². The van der Waals surface area contributed by atoms with Crippen molar-refractivity contribution in [2.24, 2.45) is 0 Å². The number of aromatic nitrogens is 4. The van der Waals surface area contributed by atoms with Crippen LogP contribution in [0.3, 0.4) is 0 Å². The van der Waals surface area contributed by atoms with Gasteiger partial charge in [-0.2, -0.15) is 5.21 Å². The highest BCUT2D eigenvalue weighted by Gasteiger charge is 2.14. The van der Waals surface area contributed by atoms with Gasteiger partial charge in [0.2, 0.25) is 5.82 Å². The molecule has 0 radical (unpaired) electrons. The molecule has 1 aromatic carbocycles. The van der Waals surface area contributed by atoms with Crippen LogP contribution in [0.2, 0.25) is 0 Å². The van der Waals surface area contributed by atoms with E-state index in [-0.39, 0.29) is 5.82 Å². The van der Waals surface area contributed by atoms with Crippen LogP contribution in [0, 0.1) is 5.82 Å². The lowest BCUT2D eigenvalue weighted by Gasteiger charge is -2.04. The molecule has 0 saturated carbocycles. The Morgan fingerprint density at radius 2 is 2.33 bits per heavy atom. The average molecular weight is 224 g/mol. The van der Waals surface area contributed by atoms with Crippen LogP contribution < -0.4 is 0 Å². The summed E-state index contributed by atoms with van der Waals surface area (Å²) in [5, 5.41) is 13.3. The van der Waals surface area contributed by atoms with Gasteiger partial charge in [0.15, 0.2) is 0 Å². The first-order valence-electron chi connectivity index (χ1n) is 4.48. The summed E-state index contributed by atoms with van der Waals surface area (Å²) in [4.78, 5) is 0.832. The van der Waals surface area contributed by atoms with E-state index in [0.717, 1.165) is 10.6 Å². The average Bonchev–Trinajstić information content (AvgIpc) is 2.71. The van der Waals surface area contributed by atoms with Gasteiger partial charge in [0, 0.05) is 4.90 Å². The molecule has 15 heavy (non-hydrogen) atoms. The molecular formula is C9H9FN4S. The molecule has 2 aromatic rings. The number of hydrogen-bond acceptors (Lipinski definition) is 4. The van der Waals surface area contributed by atoms with Crippen molar-refractivity contribution < 1.29 is 4.39 Å². The highest BCUT2D eigenvalue weighted by Crippen LogP contribution is 2.30. The molecular weight excluding hydrogens is 215 g/mol. The molecule has 0 bridgehead atoms. The van der Waals surface area contributed by atoms with E-state index in [4.69, 9.17) is 0 Å². The van der Waals surface area contributed by atoms with Crippen LogP contribution in [0.25, 0.3) is 11.4 Å². The van der Waals surface area contributed by atoms with Crippen molar-refractivity contribution >= 4 is 11.8 Å². The third kappa shape index (κ3) is 1.99. The first kappa shape index (κ1) is 10.1. The predicted molar refractivity (Wildman–Crippen MR) is 56.0 cm³/mol. The van der Waals surface area contributed by atoms with E-state index >= 15 is 0 Å². The normalized spacial score (nSPS) is 10.5. The molecule has 4 nitrogen and oxygen atoms in total. The van der Waals surface area contributed by atoms with E-state index in [0.29, 0.717) is 11.4 Å². The summed E-state index contributed by atoms with van der Waals surface area (Å²) >= 11 is 1.55. The minimum atomic E-state index is -0.324. The van der Waals surface area contributed by atoms with Gasteiger partial charge in [-0.25, -0.2) is 4.39 Å². The fourth-order valence-corrected chi connectivity index (χ4v) is 2.08. The Hall–Kier alpha value is -1.43. The van der Waals surface area contributed by atoms with E-state index < -0.39 is 0 Å². The summed E-state index contributed by atoms with van der Waals surface area (Å²) in [6.07, 6.45) is 0. The zero-order valence-corrected chi connectivity index (χ0v) is 8.88. The molecule has 0 aliphatic carbocycles. The van der Waals surface area contributed by atoms with Crippen LogP contribution in [0.1, 0.15) is 6.92 Å². The van der Waals surface area contributed by atoms with E-state index in [1.54, 1.807) is 17.8 Å². The Balaban J connectivity index is 2.52. The fourth-order valence-electron chi connectivity index (χ4n) is 1.26. The molecule has 1 aromatic heterocycles. The quantitative estimate of drug-likeness (QED) is 0.811. The number of H-pyrrole nitrogens is 1. The fraction of sp³-hybridized carbons (Fsp3) is 0.222. The summed E-state index contributed by atoms with van der Waals surface area (Å²) in [7, 11) is 0. The molecule has 1 N–H and O–H groups in total. The van der Waals surface area contributed by atoms with Gasteiger partial charge in [-0.15, -0.1) is 22.0 Å². The molecule has 1 heterocycles. The zero-order chi connectivity index (χ0) is 10.7. The minimum absolute atomic E-state index is 0.295. The SMILES string of the molecule is CCSc1cccc(F)c1-c1nn[nH]n1. The van der Waals surface area contributed by atoms with Gasteiger partial charge in [-0.3, -0.25) is 0 Å². The smallest absolute Gasteiger partial charge is 0.206 e. The molecule has 0 amide bonds. The standard InChI is InChI=1S/C9H9FN4S/c1-2-15-7-5-3-4-6(10)8(7)9-11-13-14-12-9/h3-5H,2H2,1H3,(H,11,12,13,14). The van der Waals surface area contributed by atoms with Gasteiger partial charge in [0.05, 0.1) is 5.56 Å². The third-order valence-electron chi connectivity index (χ3n) is 1.84. The van der Waals surface area contributed by atoms with Crippen LogP contribution >= 0.6 is 11.8 Å². The number of nitrogens with zero attached hydrogens (tertiary/aromatic N) is 3. The summed E-state index contributed by atoms with van der Waals surface area (Å²) in [5.41, 5.74) is 0.415. The van der Waals surface area contributed by atoms with Crippen molar-refractivity contribution in [2.75, 3.05) is 5.75 Å². The van der Waals surface area contributed by atoms with Crippen molar-refractivity contribution in [3.63, 3.8) is 0 Å². The number of rotatable bonds is 3. The topological polar surface area (TPSA) is 54.5 Å². The maximum Gasteiger partial charge on any atom is 0.208 e. The number of tetrazole rings is 1. The lowest BCUT2D eigenvalue weighted by atomic mass is 10.2. The zero-order valence-electron chi connectivity index (χ0n) is 8.07. The second-order valence-electron chi connectivity index (χ2n) is 2.78. The number of nitrogens with one attached hydrogen (secondary N) is 1. The summed E-state index contributed by atoms with van der Waals surface area (Å²) in [6.45, 7) is 2.01. The van der Waals surface area contributed by atoms with Crippen LogP contribution in [-0.2, 0) is 0 Å². The van der Waals surface area contributed by atoms with Crippen molar-refractivity contribution in [1.82, 2.24) is 20.6 Å². The van der Waals surface area contributed by atoms with Gasteiger partial charge < -0.3 is 0 Å². The lowest BCUT2D eigenvalue weighted by molar-refractivity contribution is 0.626. The first-order chi connectivity index (χ1) is 7.33. The molecule has 6 heteroatoms. The van der Waals surface area contributed by atoms with Crippen LogP contribution in [0.4, 0.5) is 4.39 Å². The molecule has 0 spiro atoms. The Bertz CT molecular complexity index is 443. The van der Waals surface area contributed by atoms with Crippen LogP contribution in [-0.4, -0.2) is 26.4 Å². The number of halogens is 1. The molecule has 0 aliphatic heterocycles. The minimum Gasteiger partial charge on any atom is -0.206 e. The Labute approximate surface area is 90.3 Å². The molecule has 0 fully saturated rings. The van der Waals surface area contributed by atoms with E-state index in [9.17, 15) is 4.39 Å². The van der Waals surface area contributed by atoms with Gasteiger partial charge in [-0.1, -0.05) is 13.0 Å². The summed E-state index contributed by atoms with van der Waals surface area (Å²) in [5.74, 6) is 0.841. The summed E-state index contributed by atoms with van der Waals surface area (Å²) < 4.78 is 13.6. The number of aromatic amines is 1. The van der Waals surface area contributed by atoms with Gasteiger partial charge in [0.1, 0.15) is 5.82 Å². The maximum absolute atomic E-state index is 13.6. The molecule has 2 rings (SSSR count). The number of benzene rings is 1. The van der Waals surface area contributed by atoms with Crippen molar-refractivity contribution in [2.45, 2.75) is 11.8 Å².